The molecule has 1 unspecified atom stereocenters. The van der Waals surface area contributed by atoms with Crippen LogP contribution in [0.1, 0.15) is 12.5 Å². The Labute approximate surface area is 111 Å². The van der Waals surface area contributed by atoms with Crippen LogP contribution in [0, 0.1) is 0 Å². The molecule has 2 aromatic rings. The van der Waals surface area contributed by atoms with Crippen LogP contribution >= 0.6 is 0 Å². The van der Waals surface area contributed by atoms with Crippen LogP contribution in [0.3, 0.4) is 0 Å². The van der Waals surface area contributed by atoms with Crippen molar-refractivity contribution >= 4 is 28.0 Å². The molecule has 0 saturated carbocycles. The summed E-state index contributed by atoms with van der Waals surface area (Å²) in [6, 6.07) is 8.84. The molecule has 1 fully saturated rings. The molecule has 86 valence electrons. The van der Waals surface area contributed by atoms with Crippen LogP contribution in [-0.4, -0.2) is 15.1 Å². The summed E-state index contributed by atoms with van der Waals surface area (Å²) in [5.74, 6) is 0. The van der Waals surface area contributed by atoms with Crippen molar-refractivity contribution in [3.05, 3.63) is 35.0 Å². The number of benzene rings is 1. The standard InChI is InChI=1S/C14H14N2.W/c1-10-13-5-3-4-6-14(13)11(2)16(10)12-7-8-15-9-12;/h3-6,12,15H,1-2,7-8H2;. The molecule has 17 heavy (non-hydrogen) atoms. The summed E-state index contributed by atoms with van der Waals surface area (Å²) in [4.78, 5) is 0. The third-order valence-corrected chi connectivity index (χ3v) is 4.96. The second kappa shape index (κ2) is 4.04. The van der Waals surface area contributed by atoms with Gasteiger partial charge >= 0.3 is 111 Å². The summed E-state index contributed by atoms with van der Waals surface area (Å²) >= 11 is 1.51. The number of fused-ring (bicyclic) bond motifs is 1. The van der Waals surface area contributed by atoms with E-state index in [9.17, 15) is 0 Å². The normalized spacial score (nSPS) is 20.2. The fourth-order valence-electron chi connectivity index (χ4n) is 2.61. The van der Waals surface area contributed by atoms with Crippen molar-refractivity contribution in [3.8, 4) is 0 Å². The van der Waals surface area contributed by atoms with Crippen LogP contribution in [-0.2, 0) is 19.4 Å². The van der Waals surface area contributed by atoms with Gasteiger partial charge in [-0.2, -0.15) is 0 Å². The first kappa shape index (κ1) is 11.1. The van der Waals surface area contributed by atoms with Crippen molar-refractivity contribution in [2.45, 2.75) is 12.5 Å². The summed E-state index contributed by atoms with van der Waals surface area (Å²) < 4.78 is 3.70. The molecule has 1 N–H and O–H groups in total. The Kier molecular flexibility index (Phi) is 2.65. The van der Waals surface area contributed by atoms with Crippen LogP contribution in [0.5, 0.6) is 0 Å². The van der Waals surface area contributed by atoms with Crippen molar-refractivity contribution in [3.63, 3.8) is 0 Å². The van der Waals surface area contributed by atoms with Crippen molar-refractivity contribution in [1.82, 2.24) is 9.88 Å². The molecule has 0 bridgehead atoms. The maximum atomic E-state index is 4.24. The molecule has 2 heterocycles. The predicted octanol–water partition coefficient (Wildman–Crippen LogP) is 0.673. The molecule has 0 aliphatic carbocycles. The number of hydrogen-bond acceptors (Lipinski definition) is 1. The quantitative estimate of drug-likeness (QED) is 0.753. The zero-order chi connectivity index (χ0) is 12.0. The van der Waals surface area contributed by atoms with E-state index >= 15 is 0 Å². The molecule has 1 aromatic carbocycles. The Morgan fingerprint density at radius 2 is 1.76 bits per heavy atom. The molecule has 1 aliphatic heterocycles. The predicted molar refractivity (Wildman–Crippen MR) is 68.9 cm³/mol. The van der Waals surface area contributed by atoms with E-state index in [4.69, 9.17) is 0 Å². The zero-order valence-corrected chi connectivity index (χ0v) is 12.5. The number of nitrogens with zero attached hydrogens (tertiary/aromatic N) is 1. The van der Waals surface area contributed by atoms with Gasteiger partial charge in [-0.05, 0) is 0 Å². The van der Waals surface area contributed by atoms with E-state index in [1.54, 1.807) is 0 Å². The topological polar surface area (TPSA) is 17.0 Å². The Hall–Kier alpha value is -0.982. The van der Waals surface area contributed by atoms with Crippen molar-refractivity contribution in [2.24, 2.45) is 0 Å². The van der Waals surface area contributed by atoms with Gasteiger partial charge in [-0.3, -0.25) is 0 Å². The third kappa shape index (κ3) is 1.59. The first-order valence-corrected chi connectivity index (χ1v) is 7.21. The summed E-state index contributed by atoms with van der Waals surface area (Å²) in [5.41, 5.74) is 0. The second-order valence-corrected chi connectivity index (χ2v) is 5.98. The van der Waals surface area contributed by atoms with Gasteiger partial charge in [0, 0.05) is 0 Å². The molecule has 2 nitrogen and oxygen atoms in total. The fraction of sp³-hybridized carbons (Fsp3) is 0.214. The number of nitrogens with one attached hydrogen (secondary N) is 1. The monoisotopic (exact) mass is 394 g/mol. The van der Waals surface area contributed by atoms with E-state index in [2.05, 4.69) is 47.3 Å². The van der Waals surface area contributed by atoms with E-state index in [0.717, 1.165) is 23.7 Å². The van der Waals surface area contributed by atoms with Crippen molar-refractivity contribution in [2.75, 3.05) is 6.54 Å². The van der Waals surface area contributed by atoms with Gasteiger partial charge in [0.2, 0.25) is 0 Å². The van der Waals surface area contributed by atoms with Crippen LogP contribution in [0.15, 0.2) is 24.3 Å². The molecule has 1 aromatic heterocycles. The van der Waals surface area contributed by atoms with Gasteiger partial charge in [0.25, 0.3) is 0 Å². The number of rotatable bonds is 1. The van der Waals surface area contributed by atoms with Gasteiger partial charge in [0.15, 0.2) is 0 Å². The summed E-state index contributed by atoms with van der Waals surface area (Å²) in [6.45, 7) is 9.55. The average molecular weight is 394 g/mol. The Balaban J connectivity index is 2.34. The van der Waals surface area contributed by atoms with E-state index in [0.29, 0.717) is 6.04 Å². The van der Waals surface area contributed by atoms with Gasteiger partial charge in [-0.15, -0.1) is 0 Å². The van der Waals surface area contributed by atoms with Crippen LogP contribution in [0.25, 0.3) is 23.9 Å². The van der Waals surface area contributed by atoms with E-state index in [1.165, 1.54) is 34.1 Å². The van der Waals surface area contributed by atoms with Crippen LogP contribution in [0.4, 0.5) is 0 Å². The first-order chi connectivity index (χ1) is 8.20. The van der Waals surface area contributed by atoms with Gasteiger partial charge in [-0.1, -0.05) is 0 Å². The molecule has 0 spiro atoms. The Bertz CT molecular complexity index is 652. The average Bonchev–Trinajstić information content (AvgIpc) is 2.84. The van der Waals surface area contributed by atoms with Crippen molar-refractivity contribution < 1.29 is 19.4 Å². The molecular formula is C14H14N2W. The van der Waals surface area contributed by atoms with Gasteiger partial charge in [0.05, 0.1) is 0 Å². The summed E-state index contributed by atoms with van der Waals surface area (Å²) in [5, 5.41) is 8.09. The third-order valence-electron chi connectivity index (χ3n) is 3.46. The van der Waals surface area contributed by atoms with Crippen molar-refractivity contribution in [1.29, 1.82) is 0 Å². The minimum absolute atomic E-state index is 0.442. The molecular weight excluding hydrogens is 380 g/mol. The van der Waals surface area contributed by atoms with Crippen LogP contribution < -0.4 is 16.0 Å². The molecule has 3 rings (SSSR count). The van der Waals surface area contributed by atoms with Gasteiger partial charge in [0.1, 0.15) is 0 Å². The number of hydrogen-bond donors (Lipinski definition) is 1. The first-order valence-electron chi connectivity index (χ1n) is 5.74. The molecule has 1 atom stereocenters. The van der Waals surface area contributed by atoms with Crippen LogP contribution in [0.2, 0.25) is 0 Å². The van der Waals surface area contributed by atoms with E-state index in [1.807, 2.05) is 0 Å². The van der Waals surface area contributed by atoms with Gasteiger partial charge in [-0.25, -0.2) is 0 Å². The minimum atomic E-state index is 0.442. The Morgan fingerprint density at radius 1 is 1.18 bits per heavy atom. The van der Waals surface area contributed by atoms with E-state index < -0.39 is 0 Å². The SMILES string of the molecule is C=c1c2ccccc2c(=C)n1C1CCN[C]1=[W]. The zero-order valence-electron chi connectivity index (χ0n) is 9.57. The molecule has 1 saturated heterocycles. The molecule has 1 aliphatic rings. The maximum absolute atomic E-state index is 4.24. The van der Waals surface area contributed by atoms with Gasteiger partial charge < -0.3 is 0 Å². The fourth-order valence-corrected chi connectivity index (χ4v) is 3.78. The Morgan fingerprint density at radius 3 is 2.24 bits per heavy atom. The molecule has 3 heteroatoms. The summed E-state index contributed by atoms with van der Waals surface area (Å²) in [6.07, 6.45) is 1.14. The molecule has 0 amide bonds. The summed E-state index contributed by atoms with van der Waals surface area (Å²) in [7, 11) is 0. The second-order valence-electron chi connectivity index (χ2n) is 4.40. The molecule has 0 radical (unpaired) electrons. The van der Waals surface area contributed by atoms with E-state index in [-0.39, 0.29) is 0 Å². The number of aromatic nitrogens is 1.